The van der Waals surface area contributed by atoms with Crippen molar-refractivity contribution in [2.24, 2.45) is 0 Å². The first kappa shape index (κ1) is 9.44. The van der Waals surface area contributed by atoms with E-state index >= 15 is 0 Å². The van der Waals surface area contributed by atoms with Gasteiger partial charge < -0.3 is 9.30 Å². The van der Waals surface area contributed by atoms with E-state index in [1.807, 2.05) is 0 Å². The predicted octanol–water partition coefficient (Wildman–Crippen LogP) is 0.777. The van der Waals surface area contributed by atoms with Crippen LogP contribution >= 0.6 is 0 Å². The van der Waals surface area contributed by atoms with Crippen molar-refractivity contribution in [3.8, 4) is 0 Å². The van der Waals surface area contributed by atoms with Gasteiger partial charge in [0.2, 0.25) is 0 Å². The zero-order valence-corrected chi connectivity index (χ0v) is 7.43. The van der Waals surface area contributed by atoms with E-state index in [-0.39, 0.29) is 5.97 Å². The summed E-state index contributed by atoms with van der Waals surface area (Å²) < 4.78 is 6.41. The average molecular weight is 182 g/mol. The van der Waals surface area contributed by atoms with Crippen LogP contribution in [0.25, 0.3) is 0 Å². The molecule has 0 spiro atoms. The number of rotatable bonds is 3. The maximum Gasteiger partial charge on any atom is 0.304 e. The minimum Gasteiger partial charge on any atom is -0.442 e. The highest BCUT2D eigenvalue weighted by atomic mass is 16.6. The Morgan fingerprint density at radius 3 is 2.92 bits per heavy atom. The van der Waals surface area contributed by atoms with Crippen molar-refractivity contribution in [2.45, 2.75) is 20.1 Å². The molecule has 1 unspecified atom stereocenters. The lowest BCUT2D eigenvalue weighted by atomic mass is 10.5. The predicted molar refractivity (Wildman–Crippen MR) is 44.1 cm³/mol. The van der Waals surface area contributed by atoms with Gasteiger partial charge in [0.1, 0.15) is 5.69 Å². The third kappa shape index (κ3) is 2.40. The zero-order chi connectivity index (χ0) is 9.84. The minimum atomic E-state index is -0.432. The van der Waals surface area contributed by atoms with E-state index in [4.69, 9.17) is 4.74 Å². The van der Waals surface area contributed by atoms with E-state index in [2.05, 4.69) is 4.98 Å². The number of hydrogen-bond acceptors (Lipinski definition) is 4. The van der Waals surface area contributed by atoms with Crippen LogP contribution < -0.4 is 0 Å². The molecule has 5 heteroatoms. The molecular weight excluding hydrogens is 172 g/mol. The first-order valence-corrected chi connectivity index (χ1v) is 3.79. The van der Waals surface area contributed by atoms with Crippen molar-refractivity contribution in [3.05, 3.63) is 18.2 Å². The van der Waals surface area contributed by atoms with Crippen molar-refractivity contribution in [2.75, 3.05) is 0 Å². The highest BCUT2D eigenvalue weighted by Gasteiger charge is 2.07. The molecule has 0 saturated carbocycles. The summed E-state index contributed by atoms with van der Waals surface area (Å²) in [6, 6.07) is 0. The van der Waals surface area contributed by atoms with Gasteiger partial charge in [0.15, 0.2) is 12.5 Å². The summed E-state index contributed by atoms with van der Waals surface area (Å²) in [5, 5.41) is 0. The highest BCUT2D eigenvalue weighted by molar-refractivity contribution is 5.71. The van der Waals surface area contributed by atoms with Crippen molar-refractivity contribution in [1.82, 2.24) is 9.55 Å². The van der Waals surface area contributed by atoms with Crippen LogP contribution in [0.5, 0.6) is 0 Å². The van der Waals surface area contributed by atoms with Crippen LogP contribution in [0.2, 0.25) is 0 Å². The Kier molecular flexibility index (Phi) is 2.79. The first-order chi connectivity index (χ1) is 6.13. The number of ether oxygens (including phenoxy) is 1. The number of imidazole rings is 1. The number of carbonyl (C=O) groups is 2. The van der Waals surface area contributed by atoms with Crippen LogP contribution in [-0.2, 0) is 9.53 Å². The van der Waals surface area contributed by atoms with E-state index in [9.17, 15) is 9.59 Å². The van der Waals surface area contributed by atoms with Crippen LogP contribution in [0.1, 0.15) is 30.6 Å². The Morgan fingerprint density at radius 1 is 1.77 bits per heavy atom. The van der Waals surface area contributed by atoms with Crippen LogP contribution in [0.3, 0.4) is 0 Å². The molecule has 1 rings (SSSR count). The minimum absolute atomic E-state index is 0.319. The number of aromatic nitrogens is 2. The van der Waals surface area contributed by atoms with Gasteiger partial charge in [0.25, 0.3) is 0 Å². The van der Waals surface area contributed by atoms with E-state index in [0.29, 0.717) is 12.0 Å². The van der Waals surface area contributed by atoms with E-state index in [1.54, 1.807) is 11.5 Å². The van der Waals surface area contributed by atoms with Gasteiger partial charge in [-0.3, -0.25) is 9.59 Å². The smallest absolute Gasteiger partial charge is 0.304 e. The molecule has 0 saturated heterocycles. The lowest BCUT2D eigenvalue weighted by molar-refractivity contribution is -0.149. The molecule has 0 fully saturated rings. The fourth-order valence-electron chi connectivity index (χ4n) is 0.913. The third-order valence-corrected chi connectivity index (χ3v) is 1.50. The third-order valence-electron chi connectivity index (χ3n) is 1.50. The van der Waals surface area contributed by atoms with Gasteiger partial charge in [-0.1, -0.05) is 0 Å². The number of esters is 1. The molecule has 1 aromatic heterocycles. The highest BCUT2D eigenvalue weighted by Crippen LogP contribution is 2.07. The Hall–Kier alpha value is -1.65. The molecule has 0 bridgehead atoms. The molecule has 0 aliphatic heterocycles. The molecule has 1 atom stereocenters. The second-order valence-corrected chi connectivity index (χ2v) is 2.57. The normalized spacial score (nSPS) is 12.2. The fraction of sp³-hybridized carbons (Fsp3) is 0.375. The van der Waals surface area contributed by atoms with E-state index in [0.717, 1.165) is 0 Å². The molecule has 0 amide bonds. The number of aldehydes is 1. The largest absolute Gasteiger partial charge is 0.442 e. The zero-order valence-electron chi connectivity index (χ0n) is 7.43. The SMILES string of the molecule is CC(=O)OC(C)n1cnc(C=O)c1. The van der Waals surface area contributed by atoms with Gasteiger partial charge in [-0.2, -0.15) is 0 Å². The summed E-state index contributed by atoms with van der Waals surface area (Å²) in [4.78, 5) is 24.6. The molecule has 0 radical (unpaired) electrons. The second kappa shape index (κ2) is 3.84. The number of hydrogen-bond donors (Lipinski definition) is 0. The summed E-state index contributed by atoms with van der Waals surface area (Å²) in [7, 11) is 0. The van der Waals surface area contributed by atoms with Crippen molar-refractivity contribution >= 4 is 12.3 Å². The van der Waals surface area contributed by atoms with E-state index in [1.165, 1.54) is 19.4 Å². The molecule has 0 aromatic carbocycles. The fourth-order valence-corrected chi connectivity index (χ4v) is 0.913. The molecule has 0 aliphatic carbocycles. The maximum atomic E-state index is 10.6. The lowest BCUT2D eigenvalue weighted by Crippen LogP contribution is -2.10. The second-order valence-electron chi connectivity index (χ2n) is 2.57. The lowest BCUT2D eigenvalue weighted by Gasteiger charge is -2.11. The molecule has 5 nitrogen and oxygen atoms in total. The summed E-state index contributed by atoms with van der Waals surface area (Å²) in [6.45, 7) is 3.02. The maximum absolute atomic E-state index is 10.6. The molecule has 70 valence electrons. The number of nitrogens with zero attached hydrogens (tertiary/aromatic N) is 2. The summed E-state index contributed by atoms with van der Waals surface area (Å²) in [6.07, 6.45) is 3.16. The van der Waals surface area contributed by atoms with Gasteiger partial charge in [0.05, 0.1) is 6.33 Å². The van der Waals surface area contributed by atoms with Gasteiger partial charge in [-0.25, -0.2) is 4.98 Å². The molecule has 1 aromatic rings. The Bertz CT molecular complexity index is 319. The van der Waals surface area contributed by atoms with Crippen LogP contribution in [0.15, 0.2) is 12.5 Å². The van der Waals surface area contributed by atoms with Gasteiger partial charge in [-0.15, -0.1) is 0 Å². The van der Waals surface area contributed by atoms with Crippen molar-refractivity contribution < 1.29 is 14.3 Å². The standard InChI is InChI=1S/C8H10N2O3/c1-6(13-7(2)12)10-3-8(4-11)9-5-10/h3-6H,1-2H3. The topological polar surface area (TPSA) is 61.2 Å². The quantitative estimate of drug-likeness (QED) is 0.512. The van der Waals surface area contributed by atoms with Crippen LogP contribution in [0.4, 0.5) is 0 Å². The van der Waals surface area contributed by atoms with Gasteiger partial charge in [-0.05, 0) is 6.92 Å². The average Bonchev–Trinajstić information content (AvgIpc) is 2.50. The monoisotopic (exact) mass is 182 g/mol. The van der Waals surface area contributed by atoms with Gasteiger partial charge in [0, 0.05) is 13.1 Å². The molecule has 1 heterocycles. The van der Waals surface area contributed by atoms with E-state index < -0.39 is 6.23 Å². The summed E-state index contributed by atoms with van der Waals surface area (Å²) >= 11 is 0. The Balaban J connectivity index is 2.70. The Morgan fingerprint density at radius 2 is 2.46 bits per heavy atom. The first-order valence-electron chi connectivity index (χ1n) is 3.79. The molecular formula is C8H10N2O3. The van der Waals surface area contributed by atoms with Gasteiger partial charge >= 0.3 is 5.97 Å². The summed E-state index contributed by atoms with van der Waals surface area (Å²) in [5.41, 5.74) is 0.319. The van der Waals surface area contributed by atoms with Crippen molar-refractivity contribution in [3.63, 3.8) is 0 Å². The summed E-state index contributed by atoms with van der Waals surface area (Å²) in [5.74, 6) is -0.367. The molecule has 0 N–H and O–H groups in total. The molecule has 0 aliphatic rings. The molecule has 13 heavy (non-hydrogen) atoms. The Labute approximate surface area is 75.3 Å². The van der Waals surface area contributed by atoms with Crippen molar-refractivity contribution in [1.29, 1.82) is 0 Å². The number of carbonyl (C=O) groups excluding carboxylic acids is 2. The van der Waals surface area contributed by atoms with Crippen LogP contribution in [0, 0.1) is 0 Å². The van der Waals surface area contributed by atoms with Crippen LogP contribution in [-0.4, -0.2) is 21.8 Å².